The number of imide groups is 1. The van der Waals surface area contributed by atoms with Crippen LogP contribution >= 0.6 is 23.2 Å². The summed E-state index contributed by atoms with van der Waals surface area (Å²) in [6.45, 7) is 0.742. The SMILES string of the molecule is NS(=O)(=O)c1cccc(C2C3C(=O)N(c4cc(Cl)cc(Cl)c4)C(=O)C3C3CCCN32)c1. The van der Waals surface area contributed by atoms with E-state index in [2.05, 4.69) is 4.90 Å². The second-order valence-electron chi connectivity index (χ2n) is 8.20. The number of benzene rings is 2. The molecule has 0 aromatic heterocycles. The molecule has 10 heteroatoms. The molecule has 2 aromatic rings. The first-order valence-corrected chi connectivity index (χ1v) is 12.2. The minimum atomic E-state index is -3.90. The molecule has 3 saturated heterocycles. The number of fused-ring (bicyclic) bond motifs is 3. The Morgan fingerprint density at radius 3 is 2.32 bits per heavy atom. The van der Waals surface area contributed by atoms with E-state index in [9.17, 15) is 18.0 Å². The van der Waals surface area contributed by atoms with Gasteiger partial charge in [0.05, 0.1) is 22.4 Å². The zero-order chi connectivity index (χ0) is 22.1. The highest BCUT2D eigenvalue weighted by atomic mass is 35.5. The molecule has 31 heavy (non-hydrogen) atoms. The topological polar surface area (TPSA) is 101 Å². The van der Waals surface area contributed by atoms with Crippen molar-refractivity contribution in [3.63, 3.8) is 0 Å². The predicted octanol–water partition coefficient (Wildman–Crippen LogP) is 2.97. The normalized spacial score (nSPS) is 28.3. The Kier molecular flexibility index (Phi) is 4.91. The summed E-state index contributed by atoms with van der Waals surface area (Å²) in [6.07, 6.45) is 1.71. The van der Waals surface area contributed by atoms with Gasteiger partial charge in [0.15, 0.2) is 0 Å². The summed E-state index contributed by atoms with van der Waals surface area (Å²) in [7, 11) is -3.90. The number of halogens is 2. The Balaban J connectivity index is 1.61. The summed E-state index contributed by atoms with van der Waals surface area (Å²) in [5.41, 5.74) is 1.02. The second kappa shape index (κ2) is 7.28. The fraction of sp³-hybridized carbons (Fsp3) is 0.333. The molecule has 4 unspecified atom stereocenters. The molecular weight excluding hydrogens is 461 g/mol. The molecule has 3 heterocycles. The minimum Gasteiger partial charge on any atom is -0.292 e. The molecule has 3 fully saturated rings. The lowest BCUT2D eigenvalue weighted by atomic mass is 9.85. The van der Waals surface area contributed by atoms with E-state index in [1.165, 1.54) is 17.0 Å². The summed E-state index contributed by atoms with van der Waals surface area (Å²) < 4.78 is 23.8. The van der Waals surface area contributed by atoms with Crippen LogP contribution in [0.25, 0.3) is 0 Å². The molecule has 0 aliphatic carbocycles. The number of anilines is 1. The molecule has 4 atom stereocenters. The standard InChI is InChI=1S/C21H19Cl2N3O4S/c22-12-8-13(23)10-14(9-12)26-20(27)17-16-5-2-6-25(16)19(18(17)21(26)28)11-3-1-4-15(7-11)31(24,29)30/h1,3-4,7-10,16-19H,2,5-6H2,(H2,24,29,30). The third-order valence-electron chi connectivity index (χ3n) is 6.49. The molecule has 7 nitrogen and oxygen atoms in total. The van der Waals surface area contributed by atoms with Crippen molar-refractivity contribution in [1.82, 2.24) is 4.90 Å². The molecule has 5 rings (SSSR count). The third-order valence-corrected chi connectivity index (χ3v) is 7.83. The van der Waals surface area contributed by atoms with E-state index in [0.717, 1.165) is 19.4 Å². The van der Waals surface area contributed by atoms with Crippen LogP contribution in [0.4, 0.5) is 5.69 Å². The van der Waals surface area contributed by atoms with Gasteiger partial charge >= 0.3 is 0 Å². The monoisotopic (exact) mass is 479 g/mol. The van der Waals surface area contributed by atoms with Crippen LogP contribution in [-0.2, 0) is 19.6 Å². The van der Waals surface area contributed by atoms with E-state index in [1.807, 2.05) is 0 Å². The lowest BCUT2D eigenvalue weighted by Gasteiger charge is -2.29. The number of amides is 2. The first kappa shape index (κ1) is 20.9. The summed E-state index contributed by atoms with van der Waals surface area (Å²) in [5.74, 6) is -1.72. The molecule has 3 aliphatic rings. The Bertz CT molecular complexity index is 1200. The van der Waals surface area contributed by atoms with Crippen molar-refractivity contribution < 1.29 is 18.0 Å². The van der Waals surface area contributed by atoms with Gasteiger partial charge in [-0.3, -0.25) is 14.5 Å². The number of hydrogen-bond donors (Lipinski definition) is 1. The van der Waals surface area contributed by atoms with Gasteiger partial charge in [-0.05, 0) is 55.3 Å². The van der Waals surface area contributed by atoms with Gasteiger partial charge in [-0.15, -0.1) is 0 Å². The van der Waals surface area contributed by atoms with Crippen LogP contribution in [-0.4, -0.2) is 37.7 Å². The van der Waals surface area contributed by atoms with E-state index in [4.69, 9.17) is 28.3 Å². The molecule has 2 aromatic carbocycles. The quantitative estimate of drug-likeness (QED) is 0.681. The van der Waals surface area contributed by atoms with Crippen molar-refractivity contribution in [1.29, 1.82) is 0 Å². The van der Waals surface area contributed by atoms with Gasteiger partial charge in [-0.25, -0.2) is 18.5 Å². The van der Waals surface area contributed by atoms with Crippen LogP contribution in [0.2, 0.25) is 10.0 Å². The maximum Gasteiger partial charge on any atom is 0.239 e. The highest BCUT2D eigenvalue weighted by Crippen LogP contribution is 2.54. The minimum absolute atomic E-state index is 0.0144. The Labute approximate surface area is 189 Å². The molecular formula is C21H19Cl2N3O4S. The summed E-state index contributed by atoms with van der Waals surface area (Å²) >= 11 is 12.2. The smallest absolute Gasteiger partial charge is 0.239 e. The molecule has 3 aliphatic heterocycles. The molecule has 2 amide bonds. The molecule has 162 valence electrons. The van der Waals surface area contributed by atoms with Crippen LogP contribution in [0, 0.1) is 11.8 Å². The van der Waals surface area contributed by atoms with Gasteiger partial charge in [0.1, 0.15) is 0 Å². The maximum atomic E-state index is 13.6. The Morgan fingerprint density at radius 2 is 1.65 bits per heavy atom. The highest BCUT2D eigenvalue weighted by molar-refractivity contribution is 7.89. The van der Waals surface area contributed by atoms with Gasteiger partial charge in [0.25, 0.3) is 0 Å². The van der Waals surface area contributed by atoms with E-state index >= 15 is 0 Å². The second-order valence-corrected chi connectivity index (χ2v) is 10.6. The Morgan fingerprint density at radius 1 is 0.968 bits per heavy atom. The van der Waals surface area contributed by atoms with Crippen molar-refractivity contribution in [2.24, 2.45) is 17.0 Å². The largest absolute Gasteiger partial charge is 0.292 e. The van der Waals surface area contributed by atoms with Gasteiger partial charge in [-0.2, -0.15) is 0 Å². The molecule has 0 radical (unpaired) electrons. The van der Waals surface area contributed by atoms with Crippen LogP contribution in [0.1, 0.15) is 24.4 Å². The van der Waals surface area contributed by atoms with E-state index in [-0.39, 0.29) is 22.8 Å². The molecule has 0 spiro atoms. The van der Waals surface area contributed by atoms with Crippen molar-refractivity contribution in [3.05, 3.63) is 58.1 Å². The van der Waals surface area contributed by atoms with Crippen molar-refractivity contribution in [2.45, 2.75) is 29.8 Å². The van der Waals surface area contributed by atoms with Gasteiger partial charge in [0.2, 0.25) is 21.8 Å². The number of nitrogens with two attached hydrogens (primary N) is 1. The van der Waals surface area contributed by atoms with Crippen LogP contribution < -0.4 is 10.0 Å². The molecule has 2 N–H and O–H groups in total. The van der Waals surface area contributed by atoms with Crippen LogP contribution in [0.3, 0.4) is 0 Å². The first-order valence-electron chi connectivity index (χ1n) is 9.89. The van der Waals surface area contributed by atoms with Gasteiger partial charge < -0.3 is 0 Å². The first-order chi connectivity index (χ1) is 14.7. The number of hydrogen-bond acceptors (Lipinski definition) is 5. The van der Waals surface area contributed by atoms with Crippen molar-refractivity contribution in [2.75, 3.05) is 11.4 Å². The number of primary sulfonamides is 1. The lowest BCUT2D eigenvalue weighted by molar-refractivity contribution is -0.123. The van der Waals surface area contributed by atoms with Crippen molar-refractivity contribution >= 4 is 50.7 Å². The summed E-state index contributed by atoms with van der Waals surface area (Å²) in [5, 5.41) is 5.98. The van der Waals surface area contributed by atoms with Gasteiger partial charge in [-0.1, -0.05) is 35.3 Å². The predicted molar refractivity (Wildman–Crippen MR) is 116 cm³/mol. The maximum absolute atomic E-state index is 13.6. The van der Waals surface area contributed by atoms with Crippen molar-refractivity contribution in [3.8, 4) is 0 Å². The fourth-order valence-electron chi connectivity index (χ4n) is 5.40. The number of carbonyl (C=O) groups is 2. The highest BCUT2D eigenvalue weighted by Gasteiger charge is 2.63. The number of nitrogens with zero attached hydrogens (tertiary/aromatic N) is 2. The van der Waals surface area contributed by atoms with E-state index in [1.54, 1.807) is 30.3 Å². The Hall–Kier alpha value is -1.97. The fourth-order valence-corrected chi connectivity index (χ4v) is 6.48. The number of carbonyl (C=O) groups excluding carboxylic acids is 2. The van der Waals surface area contributed by atoms with Crippen LogP contribution in [0.15, 0.2) is 47.4 Å². The summed E-state index contributed by atoms with van der Waals surface area (Å²) in [4.78, 5) is 30.3. The zero-order valence-electron chi connectivity index (χ0n) is 16.2. The number of rotatable bonds is 3. The molecule has 0 bridgehead atoms. The molecule has 0 saturated carbocycles. The average Bonchev–Trinajstić information content (AvgIpc) is 3.32. The zero-order valence-corrected chi connectivity index (χ0v) is 18.6. The third kappa shape index (κ3) is 3.29. The lowest BCUT2D eigenvalue weighted by Crippen LogP contribution is -2.39. The average molecular weight is 480 g/mol. The number of sulfonamides is 1. The summed E-state index contributed by atoms with van der Waals surface area (Å²) in [6, 6.07) is 10.5. The van der Waals surface area contributed by atoms with E-state index < -0.39 is 27.9 Å². The van der Waals surface area contributed by atoms with Gasteiger partial charge in [0, 0.05) is 22.1 Å². The van der Waals surface area contributed by atoms with Crippen LogP contribution in [0.5, 0.6) is 0 Å². The van der Waals surface area contributed by atoms with E-state index in [0.29, 0.717) is 21.3 Å².